The zero-order chi connectivity index (χ0) is 14.0. The van der Waals surface area contributed by atoms with E-state index in [0.717, 1.165) is 5.56 Å². The molecular formula is C14H19NO4. The van der Waals surface area contributed by atoms with E-state index in [-0.39, 0.29) is 19.0 Å². The van der Waals surface area contributed by atoms with E-state index < -0.39 is 18.3 Å². The van der Waals surface area contributed by atoms with Crippen molar-refractivity contribution in [1.82, 2.24) is 4.90 Å². The first-order chi connectivity index (χ1) is 8.97. The largest absolute Gasteiger partial charge is 0.481 e. The van der Waals surface area contributed by atoms with E-state index in [2.05, 4.69) is 0 Å². The van der Waals surface area contributed by atoms with Crippen LogP contribution in [0.15, 0.2) is 24.3 Å². The maximum absolute atomic E-state index is 12.1. The van der Waals surface area contributed by atoms with Gasteiger partial charge in [0.1, 0.15) is 5.75 Å². The highest BCUT2D eigenvalue weighted by Gasteiger charge is 2.34. The summed E-state index contributed by atoms with van der Waals surface area (Å²) in [5, 5.41) is 18.9. The molecule has 1 fully saturated rings. The molecule has 1 amide bonds. The minimum absolute atomic E-state index is 0.154. The first kappa shape index (κ1) is 13.8. The van der Waals surface area contributed by atoms with Gasteiger partial charge in [0.15, 0.2) is 6.10 Å². The third kappa shape index (κ3) is 3.24. The van der Waals surface area contributed by atoms with Crippen LogP contribution in [-0.2, 0) is 4.79 Å². The summed E-state index contributed by atoms with van der Waals surface area (Å²) in [6, 6.07) is 7.47. The molecule has 19 heavy (non-hydrogen) atoms. The first-order valence-corrected chi connectivity index (χ1v) is 6.35. The van der Waals surface area contributed by atoms with E-state index >= 15 is 0 Å². The van der Waals surface area contributed by atoms with Crippen molar-refractivity contribution in [2.24, 2.45) is 0 Å². The standard InChI is InChI=1S/C14H19NO4/c1-9-4-3-5-11(6-9)19-10(2)14(18)15-7-12(16)13(17)8-15/h3-6,10,12-13,16-17H,7-8H2,1-2H3/t10?,12-,13+. The van der Waals surface area contributed by atoms with E-state index in [0.29, 0.717) is 5.75 Å². The number of aliphatic hydroxyl groups excluding tert-OH is 2. The Labute approximate surface area is 112 Å². The van der Waals surface area contributed by atoms with E-state index in [4.69, 9.17) is 4.74 Å². The number of hydrogen-bond acceptors (Lipinski definition) is 4. The Morgan fingerprint density at radius 2 is 2.00 bits per heavy atom. The normalized spacial score (nSPS) is 24.3. The highest BCUT2D eigenvalue weighted by molar-refractivity contribution is 5.81. The van der Waals surface area contributed by atoms with Gasteiger partial charge in [0.05, 0.1) is 12.2 Å². The number of hydrogen-bond donors (Lipinski definition) is 2. The lowest BCUT2D eigenvalue weighted by atomic mass is 10.2. The van der Waals surface area contributed by atoms with Crippen molar-refractivity contribution >= 4 is 5.91 Å². The van der Waals surface area contributed by atoms with Crippen molar-refractivity contribution in [3.63, 3.8) is 0 Å². The molecule has 1 unspecified atom stereocenters. The molecule has 0 radical (unpaired) electrons. The summed E-state index contributed by atoms with van der Waals surface area (Å²) in [4.78, 5) is 13.5. The van der Waals surface area contributed by atoms with Gasteiger partial charge < -0.3 is 19.8 Å². The Hall–Kier alpha value is -1.59. The highest BCUT2D eigenvalue weighted by Crippen LogP contribution is 2.17. The fourth-order valence-corrected chi connectivity index (χ4v) is 2.15. The number of benzene rings is 1. The highest BCUT2D eigenvalue weighted by atomic mass is 16.5. The minimum Gasteiger partial charge on any atom is -0.481 e. The zero-order valence-corrected chi connectivity index (χ0v) is 11.1. The number of carbonyl (C=O) groups excluding carboxylic acids is 1. The van der Waals surface area contributed by atoms with Gasteiger partial charge in [-0.15, -0.1) is 0 Å². The summed E-state index contributed by atoms with van der Waals surface area (Å²) in [6.45, 7) is 3.93. The SMILES string of the molecule is Cc1cccc(OC(C)C(=O)N2C[C@@H](O)[C@@H](O)C2)c1. The molecule has 5 heteroatoms. The van der Waals surface area contributed by atoms with Gasteiger partial charge >= 0.3 is 0 Å². The van der Waals surface area contributed by atoms with Crippen LogP contribution in [0.5, 0.6) is 5.75 Å². The summed E-state index contributed by atoms with van der Waals surface area (Å²) in [5.74, 6) is 0.415. The van der Waals surface area contributed by atoms with Crippen molar-refractivity contribution < 1.29 is 19.7 Å². The third-order valence-corrected chi connectivity index (χ3v) is 3.22. The second kappa shape index (κ2) is 5.59. The molecule has 1 saturated heterocycles. The molecule has 3 atom stereocenters. The Bertz CT molecular complexity index is 453. The van der Waals surface area contributed by atoms with Gasteiger partial charge in [0, 0.05) is 13.1 Å². The number of amides is 1. The number of ether oxygens (including phenoxy) is 1. The maximum atomic E-state index is 12.1. The lowest BCUT2D eigenvalue weighted by Crippen LogP contribution is -2.39. The fourth-order valence-electron chi connectivity index (χ4n) is 2.15. The molecule has 1 aromatic rings. The monoisotopic (exact) mass is 265 g/mol. The Kier molecular flexibility index (Phi) is 4.07. The topological polar surface area (TPSA) is 70.0 Å². The minimum atomic E-state index is -0.866. The summed E-state index contributed by atoms with van der Waals surface area (Å²) >= 11 is 0. The molecule has 1 aliphatic heterocycles. The molecule has 0 spiro atoms. The molecule has 5 nitrogen and oxygen atoms in total. The van der Waals surface area contributed by atoms with Gasteiger partial charge in [-0.3, -0.25) is 4.79 Å². The molecule has 2 rings (SSSR count). The predicted molar refractivity (Wildman–Crippen MR) is 69.9 cm³/mol. The molecule has 0 saturated carbocycles. The second-order valence-electron chi connectivity index (χ2n) is 4.95. The number of β-amino-alcohol motifs (C(OH)–C–C–N with tert-alkyl or cyclic N) is 2. The van der Waals surface area contributed by atoms with Gasteiger partial charge in [-0.2, -0.15) is 0 Å². The van der Waals surface area contributed by atoms with E-state index in [1.165, 1.54) is 4.90 Å². The van der Waals surface area contributed by atoms with Crippen LogP contribution in [0, 0.1) is 6.92 Å². The van der Waals surface area contributed by atoms with Crippen LogP contribution in [0.1, 0.15) is 12.5 Å². The van der Waals surface area contributed by atoms with Crippen molar-refractivity contribution in [3.8, 4) is 5.75 Å². The molecule has 1 heterocycles. The quantitative estimate of drug-likeness (QED) is 0.826. The smallest absolute Gasteiger partial charge is 0.263 e. The molecule has 0 bridgehead atoms. The molecular weight excluding hydrogens is 246 g/mol. The molecule has 104 valence electrons. The van der Waals surface area contributed by atoms with Crippen LogP contribution in [0.4, 0.5) is 0 Å². The van der Waals surface area contributed by atoms with Crippen LogP contribution in [0.3, 0.4) is 0 Å². The van der Waals surface area contributed by atoms with Crippen LogP contribution in [0.2, 0.25) is 0 Å². The van der Waals surface area contributed by atoms with Gasteiger partial charge in [-0.25, -0.2) is 0 Å². The number of aryl methyl sites for hydroxylation is 1. The number of rotatable bonds is 3. The van der Waals surface area contributed by atoms with Crippen LogP contribution < -0.4 is 4.74 Å². The lowest BCUT2D eigenvalue weighted by Gasteiger charge is -2.21. The van der Waals surface area contributed by atoms with Crippen molar-refractivity contribution in [2.45, 2.75) is 32.2 Å². The Morgan fingerprint density at radius 3 is 2.58 bits per heavy atom. The van der Waals surface area contributed by atoms with E-state index in [9.17, 15) is 15.0 Å². The number of carbonyl (C=O) groups is 1. The number of likely N-dealkylation sites (tertiary alicyclic amines) is 1. The number of aliphatic hydroxyl groups is 2. The van der Waals surface area contributed by atoms with Crippen molar-refractivity contribution in [1.29, 1.82) is 0 Å². The average molecular weight is 265 g/mol. The summed E-state index contributed by atoms with van der Waals surface area (Å²) < 4.78 is 5.59. The lowest BCUT2D eigenvalue weighted by molar-refractivity contribution is -0.137. The Balaban J connectivity index is 1.96. The maximum Gasteiger partial charge on any atom is 0.263 e. The van der Waals surface area contributed by atoms with Crippen LogP contribution >= 0.6 is 0 Å². The van der Waals surface area contributed by atoms with Gasteiger partial charge in [0.25, 0.3) is 5.91 Å². The summed E-state index contributed by atoms with van der Waals surface area (Å²) in [7, 11) is 0. The van der Waals surface area contributed by atoms with Crippen molar-refractivity contribution in [2.75, 3.05) is 13.1 Å². The zero-order valence-electron chi connectivity index (χ0n) is 11.1. The molecule has 1 aromatic carbocycles. The van der Waals surface area contributed by atoms with E-state index in [1.54, 1.807) is 13.0 Å². The summed E-state index contributed by atoms with van der Waals surface area (Å²) in [5.41, 5.74) is 1.06. The molecule has 0 aromatic heterocycles. The van der Waals surface area contributed by atoms with Gasteiger partial charge in [-0.05, 0) is 31.5 Å². The average Bonchev–Trinajstić information content (AvgIpc) is 2.68. The van der Waals surface area contributed by atoms with Crippen LogP contribution in [-0.4, -0.2) is 52.4 Å². The molecule has 1 aliphatic rings. The van der Waals surface area contributed by atoms with Crippen molar-refractivity contribution in [3.05, 3.63) is 29.8 Å². The summed E-state index contributed by atoms with van der Waals surface area (Å²) in [6.07, 6.45) is -2.37. The van der Waals surface area contributed by atoms with Gasteiger partial charge in [0.2, 0.25) is 0 Å². The fraction of sp³-hybridized carbons (Fsp3) is 0.500. The first-order valence-electron chi connectivity index (χ1n) is 6.35. The van der Waals surface area contributed by atoms with Gasteiger partial charge in [-0.1, -0.05) is 12.1 Å². The van der Waals surface area contributed by atoms with Crippen LogP contribution in [0.25, 0.3) is 0 Å². The van der Waals surface area contributed by atoms with E-state index in [1.807, 2.05) is 25.1 Å². The third-order valence-electron chi connectivity index (χ3n) is 3.22. The second-order valence-corrected chi connectivity index (χ2v) is 4.95. The Morgan fingerprint density at radius 1 is 1.37 bits per heavy atom. The number of nitrogens with zero attached hydrogens (tertiary/aromatic N) is 1. The molecule has 0 aliphatic carbocycles. The molecule has 2 N–H and O–H groups in total. The predicted octanol–water partition coefficient (Wildman–Crippen LogP) is 0.326.